The molecule has 1 aliphatic carbocycles. The lowest BCUT2D eigenvalue weighted by atomic mass is 9.67. The third kappa shape index (κ3) is 4.56. The van der Waals surface area contributed by atoms with Crippen LogP contribution in [0.1, 0.15) is 83.8 Å². The molecule has 166 valence electrons. The molecule has 2 atom stereocenters. The third-order valence-electron chi connectivity index (χ3n) is 6.75. The Hall–Kier alpha value is -1.49. The Morgan fingerprint density at radius 1 is 1.30 bits per heavy atom. The van der Waals surface area contributed by atoms with Gasteiger partial charge in [-0.05, 0) is 84.4 Å². The molecule has 3 rings (SSSR count). The second-order valence-electron chi connectivity index (χ2n) is 9.83. The average Bonchev–Trinajstić information content (AvgIpc) is 2.66. The van der Waals surface area contributed by atoms with Crippen LogP contribution in [0.2, 0.25) is 0 Å². The number of carbonyl (C=O) groups is 1. The lowest BCUT2D eigenvalue weighted by molar-refractivity contribution is -0.149. The second kappa shape index (κ2) is 8.94. The van der Waals surface area contributed by atoms with Gasteiger partial charge in [0.1, 0.15) is 17.1 Å². The lowest BCUT2D eigenvalue weighted by Crippen LogP contribution is -2.45. The zero-order valence-corrected chi connectivity index (χ0v) is 20.5. The normalized spacial score (nSPS) is 22.4. The number of halogens is 1. The van der Waals surface area contributed by atoms with Gasteiger partial charge in [0.05, 0.1) is 12.0 Å². The summed E-state index contributed by atoms with van der Waals surface area (Å²) in [7, 11) is 0. The monoisotopic (exact) mass is 478 g/mol. The predicted molar refractivity (Wildman–Crippen MR) is 124 cm³/mol. The van der Waals surface area contributed by atoms with Crippen LogP contribution in [0.4, 0.5) is 0 Å². The standard InChI is InChI=1S/C25H35BrO4/c1-16-9-10-19-18(13-16)22-20(27)14-17(15-21(22)30-25(19,4)5)24(2,3)23(28)29-12-8-6-7-11-26/h9,14-15,18-19,27H,6-8,10-13H2,1-5H3/t18-,19-/m1/s1. The Labute approximate surface area is 189 Å². The Morgan fingerprint density at radius 3 is 2.73 bits per heavy atom. The highest BCUT2D eigenvalue weighted by Gasteiger charge is 2.46. The first-order valence-corrected chi connectivity index (χ1v) is 12.1. The maximum Gasteiger partial charge on any atom is 0.315 e. The van der Waals surface area contributed by atoms with Crippen molar-refractivity contribution in [1.82, 2.24) is 0 Å². The fourth-order valence-electron chi connectivity index (χ4n) is 4.76. The van der Waals surface area contributed by atoms with Crippen molar-refractivity contribution in [3.63, 3.8) is 0 Å². The molecule has 0 radical (unpaired) electrons. The number of fused-ring (bicyclic) bond motifs is 3. The first-order chi connectivity index (χ1) is 14.1. The van der Waals surface area contributed by atoms with Crippen molar-refractivity contribution in [3.8, 4) is 11.5 Å². The van der Waals surface area contributed by atoms with E-state index in [-0.39, 0.29) is 23.2 Å². The summed E-state index contributed by atoms with van der Waals surface area (Å²) in [5, 5.41) is 12.0. The van der Waals surface area contributed by atoms with Gasteiger partial charge < -0.3 is 14.6 Å². The first-order valence-electron chi connectivity index (χ1n) is 11.0. The fourth-order valence-corrected chi connectivity index (χ4v) is 5.16. The molecule has 1 aliphatic heterocycles. The third-order valence-corrected chi connectivity index (χ3v) is 7.31. The Morgan fingerprint density at radius 2 is 2.03 bits per heavy atom. The summed E-state index contributed by atoms with van der Waals surface area (Å²) in [5.41, 5.74) is 1.76. The average molecular weight is 479 g/mol. The molecule has 0 aromatic heterocycles. The number of phenolic OH excluding ortho intramolecular Hbond substituents is 1. The van der Waals surface area contributed by atoms with Crippen molar-refractivity contribution in [1.29, 1.82) is 0 Å². The number of aromatic hydroxyl groups is 1. The molecule has 0 amide bonds. The Kier molecular flexibility index (Phi) is 6.91. The number of hydrogen-bond donors (Lipinski definition) is 1. The maximum atomic E-state index is 12.8. The molecule has 0 bridgehead atoms. The number of carbonyl (C=O) groups excluding carboxylic acids is 1. The number of esters is 1. The summed E-state index contributed by atoms with van der Waals surface area (Å²) >= 11 is 3.42. The summed E-state index contributed by atoms with van der Waals surface area (Å²) in [5.74, 6) is 1.20. The number of alkyl halides is 1. The summed E-state index contributed by atoms with van der Waals surface area (Å²) in [6.45, 7) is 10.5. The molecule has 30 heavy (non-hydrogen) atoms. The van der Waals surface area contributed by atoms with E-state index < -0.39 is 5.41 Å². The van der Waals surface area contributed by atoms with Gasteiger partial charge in [-0.2, -0.15) is 0 Å². The smallest absolute Gasteiger partial charge is 0.315 e. The molecule has 0 spiro atoms. The van der Waals surface area contributed by atoms with E-state index >= 15 is 0 Å². The SMILES string of the molecule is CC1=CC[C@@H]2[C@@H](C1)c1c(O)cc(C(C)(C)C(=O)OCCCCCBr)cc1OC2(C)C. The van der Waals surface area contributed by atoms with Gasteiger partial charge in [0.25, 0.3) is 0 Å². The summed E-state index contributed by atoms with van der Waals surface area (Å²) < 4.78 is 11.9. The van der Waals surface area contributed by atoms with E-state index in [1.54, 1.807) is 6.07 Å². The number of hydrogen-bond acceptors (Lipinski definition) is 4. The number of phenols is 1. The molecule has 0 saturated heterocycles. The van der Waals surface area contributed by atoms with Gasteiger partial charge in [0.2, 0.25) is 0 Å². The van der Waals surface area contributed by atoms with Crippen LogP contribution in [0, 0.1) is 5.92 Å². The molecule has 0 fully saturated rings. The molecule has 1 aromatic carbocycles. The number of unbranched alkanes of at least 4 members (excludes halogenated alkanes) is 2. The van der Waals surface area contributed by atoms with Crippen LogP contribution < -0.4 is 4.74 Å². The molecule has 1 N–H and O–H groups in total. The number of allylic oxidation sites excluding steroid dienone is 2. The van der Waals surface area contributed by atoms with Crippen molar-refractivity contribution < 1.29 is 19.4 Å². The highest BCUT2D eigenvalue weighted by Crippen LogP contribution is 2.54. The van der Waals surface area contributed by atoms with Crippen LogP contribution in [-0.4, -0.2) is 28.6 Å². The van der Waals surface area contributed by atoms with E-state index in [4.69, 9.17) is 9.47 Å². The molecule has 1 aromatic rings. The van der Waals surface area contributed by atoms with E-state index in [0.29, 0.717) is 18.3 Å². The van der Waals surface area contributed by atoms with Crippen LogP contribution in [0.25, 0.3) is 0 Å². The molecule has 5 heteroatoms. The summed E-state index contributed by atoms with van der Waals surface area (Å²) in [6, 6.07) is 3.67. The van der Waals surface area contributed by atoms with Crippen molar-refractivity contribution in [3.05, 3.63) is 34.9 Å². The summed E-state index contributed by atoms with van der Waals surface area (Å²) in [6.07, 6.45) is 7.13. The molecule has 0 unspecified atom stereocenters. The minimum atomic E-state index is -0.866. The fraction of sp³-hybridized carbons (Fsp3) is 0.640. The molecular formula is C25H35BrO4. The Balaban J connectivity index is 1.86. The van der Waals surface area contributed by atoms with Crippen LogP contribution in [0.15, 0.2) is 23.8 Å². The van der Waals surface area contributed by atoms with Gasteiger partial charge in [-0.15, -0.1) is 0 Å². The molecular weight excluding hydrogens is 444 g/mol. The Bertz CT molecular complexity index is 825. The zero-order valence-electron chi connectivity index (χ0n) is 18.9. The quantitative estimate of drug-likeness (QED) is 0.213. The minimum Gasteiger partial charge on any atom is -0.508 e. The molecule has 2 aliphatic rings. The lowest BCUT2D eigenvalue weighted by Gasteiger charge is -2.47. The van der Waals surface area contributed by atoms with Gasteiger partial charge in [-0.1, -0.05) is 27.6 Å². The largest absolute Gasteiger partial charge is 0.508 e. The second-order valence-corrected chi connectivity index (χ2v) is 10.6. The molecule has 0 saturated carbocycles. The zero-order chi connectivity index (χ0) is 22.1. The van der Waals surface area contributed by atoms with Crippen LogP contribution >= 0.6 is 15.9 Å². The molecule has 1 heterocycles. The summed E-state index contributed by atoms with van der Waals surface area (Å²) in [4.78, 5) is 12.8. The number of benzene rings is 1. The van der Waals surface area contributed by atoms with E-state index in [1.165, 1.54) is 5.57 Å². The van der Waals surface area contributed by atoms with Gasteiger partial charge in [-0.3, -0.25) is 4.79 Å². The predicted octanol–water partition coefficient (Wildman–Crippen LogP) is 6.39. The van der Waals surface area contributed by atoms with Crippen LogP contribution in [0.5, 0.6) is 11.5 Å². The first kappa shape index (κ1) is 23.2. The van der Waals surface area contributed by atoms with E-state index in [1.807, 2.05) is 19.9 Å². The van der Waals surface area contributed by atoms with Crippen LogP contribution in [0.3, 0.4) is 0 Å². The van der Waals surface area contributed by atoms with Crippen molar-refractivity contribution in [2.75, 3.05) is 11.9 Å². The van der Waals surface area contributed by atoms with E-state index in [0.717, 1.165) is 48.6 Å². The van der Waals surface area contributed by atoms with Gasteiger partial charge in [0.15, 0.2) is 0 Å². The van der Waals surface area contributed by atoms with E-state index in [9.17, 15) is 9.90 Å². The van der Waals surface area contributed by atoms with E-state index in [2.05, 4.69) is 42.8 Å². The highest BCUT2D eigenvalue weighted by atomic mass is 79.9. The number of rotatable bonds is 7. The van der Waals surface area contributed by atoms with Gasteiger partial charge >= 0.3 is 5.97 Å². The van der Waals surface area contributed by atoms with Crippen molar-refractivity contribution >= 4 is 21.9 Å². The van der Waals surface area contributed by atoms with Crippen molar-refractivity contribution in [2.24, 2.45) is 5.92 Å². The molecule has 4 nitrogen and oxygen atoms in total. The topological polar surface area (TPSA) is 55.8 Å². The van der Waals surface area contributed by atoms with Crippen LogP contribution in [-0.2, 0) is 14.9 Å². The highest BCUT2D eigenvalue weighted by molar-refractivity contribution is 9.09. The maximum absolute atomic E-state index is 12.8. The number of ether oxygens (including phenoxy) is 2. The minimum absolute atomic E-state index is 0.223. The van der Waals surface area contributed by atoms with Crippen molar-refractivity contribution in [2.45, 2.75) is 83.7 Å². The van der Waals surface area contributed by atoms with Gasteiger partial charge in [0, 0.05) is 22.7 Å². The van der Waals surface area contributed by atoms with Gasteiger partial charge in [-0.25, -0.2) is 0 Å².